The minimum absolute atomic E-state index is 0.651. The van der Waals surface area contributed by atoms with E-state index in [1.165, 1.54) is 64.2 Å². The predicted octanol–water partition coefficient (Wildman–Crippen LogP) is 5.27. The van der Waals surface area contributed by atoms with Crippen molar-refractivity contribution in [1.82, 2.24) is 0 Å². The van der Waals surface area contributed by atoms with Crippen molar-refractivity contribution >= 4 is 0 Å². The second-order valence-corrected chi connectivity index (χ2v) is 4.76. The van der Waals surface area contributed by atoms with E-state index in [0.717, 1.165) is 13.0 Å². The van der Waals surface area contributed by atoms with E-state index in [9.17, 15) is 0 Å². The summed E-state index contributed by atoms with van der Waals surface area (Å²) in [5.41, 5.74) is 0. The van der Waals surface area contributed by atoms with Crippen LogP contribution in [0.3, 0.4) is 0 Å². The third-order valence-corrected chi connectivity index (χ3v) is 3.03. The van der Waals surface area contributed by atoms with Gasteiger partial charge < -0.3 is 0 Å². The van der Waals surface area contributed by atoms with Crippen molar-refractivity contribution in [2.75, 3.05) is 13.2 Å². The highest BCUT2D eigenvalue weighted by molar-refractivity contribution is 4.47. The van der Waals surface area contributed by atoms with E-state index in [-0.39, 0.29) is 0 Å². The first-order valence-corrected chi connectivity index (χ1v) is 7.66. The van der Waals surface area contributed by atoms with E-state index < -0.39 is 0 Å². The molecule has 0 aromatic carbocycles. The molecular formula is C15H32O2. The molecule has 2 nitrogen and oxygen atoms in total. The summed E-state index contributed by atoms with van der Waals surface area (Å²) in [4.78, 5) is 9.79. The molecule has 0 aliphatic rings. The first kappa shape index (κ1) is 16.9. The molecule has 0 rings (SSSR count). The van der Waals surface area contributed by atoms with Crippen molar-refractivity contribution in [3.8, 4) is 0 Å². The summed E-state index contributed by atoms with van der Waals surface area (Å²) < 4.78 is 0. The van der Waals surface area contributed by atoms with Crippen molar-refractivity contribution in [3.63, 3.8) is 0 Å². The molecule has 104 valence electrons. The standard InChI is InChI=1S/C15H32O2/c1-3-5-6-7-8-9-10-11-12-13-14-15-17-16-4-2/h3-15H2,1-2H3. The molecule has 0 aromatic rings. The zero-order valence-corrected chi connectivity index (χ0v) is 12.0. The molecule has 0 saturated carbocycles. The van der Waals surface area contributed by atoms with Gasteiger partial charge in [0.05, 0.1) is 13.2 Å². The second kappa shape index (κ2) is 15.9. The van der Waals surface area contributed by atoms with Crippen LogP contribution in [0, 0.1) is 0 Å². The molecule has 0 atom stereocenters. The Labute approximate surface area is 108 Å². The van der Waals surface area contributed by atoms with Crippen LogP contribution in [0.1, 0.15) is 84.5 Å². The molecule has 0 radical (unpaired) electrons. The van der Waals surface area contributed by atoms with Crippen LogP contribution < -0.4 is 0 Å². The van der Waals surface area contributed by atoms with Gasteiger partial charge in [0.1, 0.15) is 0 Å². The predicted molar refractivity (Wildman–Crippen MR) is 74.0 cm³/mol. The third kappa shape index (κ3) is 15.9. The molecule has 0 N–H and O–H groups in total. The molecule has 2 heteroatoms. The molecule has 0 bridgehead atoms. The van der Waals surface area contributed by atoms with E-state index in [1.807, 2.05) is 6.92 Å². The van der Waals surface area contributed by atoms with Crippen LogP contribution in [0.2, 0.25) is 0 Å². The van der Waals surface area contributed by atoms with Crippen LogP contribution in [0.25, 0.3) is 0 Å². The Kier molecular flexibility index (Phi) is 15.8. The van der Waals surface area contributed by atoms with Crippen molar-refractivity contribution < 1.29 is 9.78 Å². The van der Waals surface area contributed by atoms with Gasteiger partial charge in [-0.15, -0.1) is 0 Å². The number of hydrogen-bond donors (Lipinski definition) is 0. The van der Waals surface area contributed by atoms with E-state index in [1.54, 1.807) is 0 Å². The highest BCUT2D eigenvalue weighted by Gasteiger charge is 1.93. The number of rotatable bonds is 14. The Morgan fingerprint density at radius 1 is 0.529 bits per heavy atom. The molecule has 0 fully saturated rings. The molecule has 0 heterocycles. The van der Waals surface area contributed by atoms with Gasteiger partial charge in [-0.1, -0.05) is 71.1 Å². The normalized spacial score (nSPS) is 10.9. The number of unbranched alkanes of at least 4 members (excludes halogenated alkanes) is 10. The van der Waals surface area contributed by atoms with Gasteiger partial charge >= 0.3 is 0 Å². The van der Waals surface area contributed by atoms with Gasteiger partial charge in [0.25, 0.3) is 0 Å². The van der Waals surface area contributed by atoms with E-state index in [2.05, 4.69) is 6.92 Å². The molecule has 0 unspecified atom stereocenters. The van der Waals surface area contributed by atoms with E-state index >= 15 is 0 Å². The molecule has 0 aliphatic heterocycles. The van der Waals surface area contributed by atoms with Gasteiger partial charge in [0.2, 0.25) is 0 Å². The zero-order valence-electron chi connectivity index (χ0n) is 12.0. The van der Waals surface area contributed by atoms with Crippen molar-refractivity contribution in [2.24, 2.45) is 0 Å². The largest absolute Gasteiger partial charge is 0.237 e. The lowest BCUT2D eigenvalue weighted by atomic mass is 10.1. The van der Waals surface area contributed by atoms with Crippen LogP contribution in [0.5, 0.6) is 0 Å². The van der Waals surface area contributed by atoms with Gasteiger partial charge in [0, 0.05) is 0 Å². The smallest absolute Gasteiger partial charge is 0.0822 e. The maximum atomic E-state index is 4.97. The highest BCUT2D eigenvalue weighted by Crippen LogP contribution is 2.11. The van der Waals surface area contributed by atoms with E-state index in [4.69, 9.17) is 9.78 Å². The summed E-state index contributed by atoms with van der Waals surface area (Å²) in [5, 5.41) is 0. The fraction of sp³-hybridized carbons (Fsp3) is 1.00. The molecule has 17 heavy (non-hydrogen) atoms. The average molecular weight is 244 g/mol. The van der Waals surface area contributed by atoms with Crippen LogP contribution >= 0.6 is 0 Å². The van der Waals surface area contributed by atoms with Crippen LogP contribution in [0.15, 0.2) is 0 Å². The topological polar surface area (TPSA) is 18.5 Å². The molecule has 0 aromatic heterocycles. The van der Waals surface area contributed by atoms with Gasteiger partial charge in [-0.2, -0.15) is 0 Å². The first-order valence-electron chi connectivity index (χ1n) is 7.66. The molecule has 0 amide bonds. The lowest BCUT2D eigenvalue weighted by Gasteiger charge is -2.03. The summed E-state index contributed by atoms with van der Waals surface area (Å²) in [7, 11) is 0. The minimum atomic E-state index is 0.651. The second-order valence-electron chi connectivity index (χ2n) is 4.76. The third-order valence-electron chi connectivity index (χ3n) is 3.03. The molecule has 0 aliphatic carbocycles. The van der Waals surface area contributed by atoms with Crippen LogP contribution in [0.4, 0.5) is 0 Å². The lowest BCUT2D eigenvalue weighted by molar-refractivity contribution is -0.291. The quantitative estimate of drug-likeness (QED) is 0.235. The molecule has 0 saturated heterocycles. The lowest BCUT2D eigenvalue weighted by Crippen LogP contribution is -1.95. The van der Waals surface area contributed by atoms with Gasteiger partial charge in [-0.25, -0.2) is 9.78 Å². The maximum absolute atomic E-state index is 4.97. The van der Waals surface area contributed by atoms with Crippen molar-refractivity contribution in [2.45, 2.75) is 84.5 Å². The van der Waals surface area contributed by atoms with Crippen molar-refractivity contribution in [1.29, 1.82) is 0 Å². The Hall–Kier alpha value is -0.0800. The number of hydrogen-bond acceptors (Lipinski definition) is 2. The zero-order chi connectivity index (χ0) is 12.6. The van der Waals surface area contributed by atoms with E-state index in [0.29, 0.717) is 6.61 Å². The van der Waals surface area contributed by atoms with Crippen molar-refractivity contribution in [3.05, 3.63) is 0 Å². The first-order chi connectivity index (χ1) is 8.41. The van der Waals surface area contributed by atoms with Crippen LogP contribution in [-0.4, -0.2) is 13.2 Å². The summed E-state index contributed by atoms with van der Waals surface area (Å²) in [6.45, 7) is 5.62. The Morgan fingerprint density at radius 2 is 1.00 bits per heavy atom. The fourth-order valence-corrected chi connectivity index (χ4v) is 1.97. The monoisotopic (exact) mass is 244 g/mol. The van der Waals surface area contributed by atoms with Gasteiger partial charge in [-0.05, 0) is 13.3 Å². The molecular weight excluding hydrogens is 212 g/mol. The minimum Gasteiger partial charge on any atom is -0.237 e. The fourth-order valence-electron chi connectivity index (χ4n) is 1.97. The Morgan fingerprint density at radius 3 is 1.47 bits per heavy atom. The summed E-state index contributed by atoms with van der Waals surface area (Å²) in [6.07, 6.45) is 15.1. The summed E-state index contributed by atoms with van der Waals surface area (Å²) in [5.74, 6) is 0. The highest BCUT2D eigenvalue weighted by atomic mass is 17.2. The van der Waals surface area contributed by atoms with Gasteiger partial charge in [0.15, 0.2) is 0 Å². The Bertz CT molecular complexity index is 112. The maximum Gasteiger partial charge on any atom is 0.0822 e. The molecule has 0 spiro atoms. The Balaban J connectivity index is 2.85. The van der Waals surface area contributed by atoms with Gasteiger partial charge in [-0.3, -0.25) is 0 Å². The SMILES string of the molecule is CCCCCCCCCCCCCOOCC. The summed E-state index contributed by atoms with van der Waals surface area (Å²) in [6, 6.07) is 0. The summed E-state index contributed by atoms with van der Waals surface area (Å²) >= 11 is 0. The van der Waals surface area contributed by atoms with Crippen LogP contribution in [-0.2, 0) is 9.78 Å². The average Bonchev–Trinajstić information content (AvgIpc) is 2.35.